The first-order valence-electron chi connectivity index (χ1n) is 7.70. The van der Waals surface area contributed by atoms with Gasteiger partial charge in [0.05, 0.1) is 31.3 Å². The fraction of sp³-hybridized carbons (Fsp3) is 0.733. The SMILES string of the molecule is CN(Cc1ccco1)C1COC2(CCN(S(C)(=O)=O)CC2)C1. The van der Waals surface area contributed by atoms with Crippen LogP contribution in [-0.4, -0.2) is 62.3 Å². The Bertz CT molecular complexity index is 591. The van der Waals surface area contributed by atoms with Crippen molar-refractivity contribution in [1.82, 2.24) is 9.21 Å². The number of ether oxygens (including phenoxy) is 1. The average Bonchev–Trinajstić information content (AvgIpc) is 3.09. The van der Waals surface area contributed by atoms with Crippen LogP contribution in [0.4, 0.5) is 0 Å². The monoisotopic (exact) mass is 328 g/mol. The number of likely N-dealkylation sites (N-methyl/N-ethyl adjacent to an activating group) is 1. The van der Waals surface area contributed by atoms with Crippen molar-refractivity contribution >= 4 is 10.0 Å². The van der Waals surface area contributed by atoms with Crippen LogP contribution in [0.3, 0.4) is 0 Å². The van der Waals surface area contributed by atoms with E-state index < -0.39 is 10.0 Å². The highest BCUT2D eigenvalue weighted by molar-refractivity contribution is 7.88. The summed E-state index contributed by atoms with van der Waals surface area (Å²) in [6, 6.07) is 4.23. The molecule has 0 N–H and O–H groups in total. The summed E-state index contributed by atoms with van der Waals surface area (Å²) < 4.78 is 36.3. The van der Waals surface area contributed by atoms with E-state index in [0.717, 1.165) is 31.6 Å². The third-order valence-corrected chi connectivity index (χ3v) is 6.20. The quantitative estimate of drug-likeness (QED) is 0.833. The molecule has 3 rings (SSSR count). The molecule has 2 saturated heterocycles. The first-order valence-corrected chi connectivity index (χ1v) is 9.55. The molecule has 2 fully saturated rings. The van der Waals surface area contributed by atoms with Gasteiger partial charge in [-0.25, -0.2) is 12.7 Å². The summed E-state index contributed by atoms with van der Waals surface area (Å²) in [5.41, 5.74) is -0.150. The van der Waals surface area contributed by atoms with Crippen LogP contribution in [0.1, 0.15) is 25.0 Å². The van der Waals surface area contributed by atoms with Crippen LogP contribution in [-0.2, 0) is 21.3 Å². The van der Waals surface area contributed by atoms with Crippen molar-refractivity contribution in [3.8, 4) is 0 Å². The first-order chi connectivity index (χ1) is 10.4. The van der Waals surface area contributed by atoms with Gasteiger partial charge < -0.3 is 9.15 Å². The van der Waals surface area contributed by atoms with Crippen molar-refractivity contribution in [1.29, 1.82) is 0 Å². The minimum Gasteiger partial charge on any atom is -0.468 e. The smallest absolute Gasteiger partial charge is 0.211 e. The molecule has 3 heterocycles. The van der Waals surface area contributed by atoms with Crippen molar-refractivity contribution in [2.24, 2.45) is 0 Å². The van der Waals surface area contributed by atoms with Crippen LogP contribution >= 0.6 is 0 Å². The molecule has 0 aromatic carbocycles. The van der Waals surface area contributed by atoms with Gasteiger partial charge in [-0.1, -0.05) is 0 Å². The molecule has 0 aliphatic carbocycles. The Hall–Kier alpha value is -0.890. The topological polar surface area (TPSA) is 63.0 Å². The lowest BCUT2D eigenvalue weighted by Gasteiger charge is -2.37. The molecule has 1 aromatic rings. The van der Waals surface area contributed by atoms with E-state index in [2.05, 4.69) is 11.9 Å². The highest BCUT2D eigenvalue weighted by Gasteiger charge is 2.44. The molecule has 22 heavy (non-hydrogen) atoms. The molecule has 0 amide bonds. The second kappa shape index (κ2) is 5.96. The number of piperidine rings is 1. The van der Waals surface area contributed by atoms with Gasteiger partial charge in [0.25, 0.3) is 0 Å². The number of nitrogens with zero attached hydrogens (tertiary/aromatic N) is 2. The Morgan fingerprint density at radius 1 is 1.41 bits per heavy atom. The van der Waals surface area contributed by atoms with Gasteiger partial charge in [0.15, 0.2) is 0 Å². The Balaban J connectivity index is 1.56. The van der Waals surface area contributed by atoms with Crippen LogP contribution in [0.15, 0.2) is 22.8 Å². The molecule has 2 aliphatic rings. The van der Waals surface area contributed by atoms with Gasteiger partial charge in [-0.15, -0.1) is 0 Å². The first kappa shape index (κ1) is 16.0. The Morgan fingerprint density at radius 2 is 2.14 bits per heavy atom. The number of rotatable bonds is 4. The predicted octanol–water partition coefficient (Wildman–Crippen LogP) is 1.29. The van der Waals surface area contributed by atoms with Crippen molar-refractivity contribution in [2.75, 3.05) is 33.0 Å². The van der Waals surface area contributed by atoms with E-state index >= 15 is 0 Å². The maximum atomic E-state index is 11.6. The minimum atomic E-state index is -3.08. The molecule has 1 aromatic heterocycles. The number of sulfonamides is 1. The van der Waals surface area contributed by atoms with Crippen LogP contribution in [0.25, 0.3) is 0 Å². The maximum absolute atomic E-state index is 11.6. The van der Waals surface area contributed by atoms with Crippen molar-refractivity contribution in [3.63, 3.8) is 0 Å². The van der Waals surface area contributed by atoms with E-state index in [-0.39, 0.29) is 5.60 Å². The summed E-state index contributed by atoms with van der Waals surface area (Å²) in [6.45, 7) is 2.60. The molecule has 2 aliphatic heterocycles. The van der Waals surface area contributed by atoms with Crippen molar-refractivity contribution in [3.05, 3.63) is 24.2 Å². The number of hydrogen-bond acceptors (Lipinski definition) is 5. The van der Waals surface area contributed by atoms with E-state index in [1.807, 2.05) is 12.1 Å². The summed E-state index contributed by atoms with van der Waals surface area (Å²) >= 11 is 0. The minimum absolute atomic E-state index is 0.150. The largest absolute Gasteiger partial charge is 0.468 e. The summed E-state index contributed by atoms with van der Waals surface area (Å²) in [6.07, 6.45) is 5.50. The zero-order valence-electron chi connectivity index (χ0n) is 13.2. The van der Waals surface area contributed by atoms with Gasteiger partial charge in [0.1, 0.15) is 5.76 Å². The number of furan rings is 1. The van der Waals surface area contributed by atoms with Crippen LogP contribution in [0.2, 0.25) is 0 Å². The summed E-state index contributed by atoms with van der Waals surface area (Å²) in [7, 11) is -0.997. The molecule has 1 spiro atoms. The highest BCUT2D eigenvalue weighted by atomic mass is 32.2. The van der Waals surface area contributed by atoms with Crippen molar-refractivity contribution < 1.29 is 17.6 Å². The summed E-state index contributed by atoms with van der Waals surface area (Å²) in [5.74, 6) is 0.954. The second-order valence-corrected chi connectivity index (χ2v) is 8.49. The fourth-order valence-electron chi connectivity index (χ4n) is 3.45. The van der Waals surface area contributed by atoms with E-state index in [1.54, 1.807) is 10.6 Å². The second-order valence-electron chi connectivity index (χ2n) is 6.51. The zero-order chi connectivity index (χ0) is 15.8. The van der Waals surface area contributed by atoms with Gasteiger partial charge in [-0.3, -0.25) is 4.90 Å². The van der Waals surface area contributed by atoms with Crippen LogP contribution in [0.5, 0.6) is 0 Å². The lowest BCUT2D eigenvalue weighted by atomic mass is 9.88. The molecule has 1 unspecified atom stereocenters. The molecule has 124 valence electrons. The summed E-state index contributed by atoms with van der Waals surface area (Å²) in [4.78, 5) is 2.26. The van der Waals surface area contributed by atoms with Gasteiger partial charge in [-0.05, 0) is 38.4 Å². The molecular formula is C15H24N2O4S. The molecule has 0 saturated carbocycles. The molecule has 7 heteroatoms. The lowest BCUT2D eigenvalue weighted by molar-refractivity contribution is -0.0316. The maximum Gasteiger partial charge on any atom is 0.211 e. The van der Waals surface area contributed by atoms with E-state index in [1.165, 1.54) is 6.26 Å². The van der Waals surface area contributed by atoms with Crippen LogP contribution < -0.4 is 0 Å². The third-order valence-electron chi connectivity index (χ3n) is 4.90. The molecular weight excluding hydrogens is 304 g/mol. The van der Waals surface area contributed by atoms with Gasteiger partial charge in [0, 0.05) is 19.1 Å². The molecule has 0 bridgehead atoms. The Labute approximate surface area is 132 Å². The predicted molar refractivity (Wildman–Crippen MR) is 82.9 cm³/mol. The van der Waals surface area contributed by atoms with E-state index in [9.17, 15) is 8.42 Å². The lowest BCUT2D eigenvalue weighted by Crippen LogP contribution is -2.46. The van der Waals surface area contributed by atoms with E-state index in [4.69, 9.17) is 9.15 Å². The molecule has 1 atom stereocenters. The standard InChI is InChI=1S/C15H24N2O4S/c1-16(11-14-4-3-9-20-14)13-10-15(21-12-13)5-7-17(8-6-15)22(2,18)19/h3-4,9,13H,5-8,10-12H2,1-2H3. The molecule has 6 nitrogen and oxygen atoms in total. The Kier molecular flexibility index (Phi) is 4.33. The van der Waals surface area contributed by atoms with Crippen LogP contribution in [0, 0.1) is 0 Å². The summed E-state index contributed by atoms with van der Waals surface area (Å²) in [5, 5.41) is 0. The molecule has 0 radical (unpaired) electrons. The van der Waals surface area contributed by atoms with Crippen molar-refractivity contribution in [2.45, 2.75) is 37.5 Å². The average molecular weight is 328 g/mol. The van der Waals surface area contributed by atoms with Gasteiger partial charge >= 0.3 is 0 Å². The van der Waals surface area contributed by atoms with Gasteiger partial charge in [0.2, 0.25) is 10.0 Å². The highest BCUT2D eigenvalue weighted by Crippen LogP contribution is 2.38. The third kappa shape index (κ3) is 3.37. The zero-order valence-corrected chi connectivity index (χ0v) is 14.0. The van der Waals surface area contributed by atoms with Gasteiger partial charge in [-0.2, -0.15) is 0 Å². The fourth-order valence-corrected chi connectivity index (χ4v) is 4.30. The number of hydrogen-bond donors (Lipinski definition) is 0. The Morgan fingerprint density at radius 3 is 2.73 bits per heavy atom. The normalized spacial score (nSPS) is 26.0. The van der Waals surface area contributed by atoms with E-state index in [0.29, 0.717) is 25.7 Å².